The van der Waals surface area contributed by atoms with Gasteiger partial charge in [-0.3, -0.25) is 14.7 Å². The van der Waals surface area contributed by atoms with Crippen LogP contribution in [-0.4, -0.2) is 22.7 Å². The maximum Gasteiger partial charge on any atom is 0.286 e. The zero-order valence-electron chi connectivity index (χ0n) is 11.9. The van der Waals surface area contributed by atoms with Gasteiger partial charge in [0.25, 0.3) is 5.56 Å². The van der Waals surface area contributed by atoms with E-state index in [9.17, 15) is 9.59 Å². The molecule has 110 valence electrons. The number of carbonyl (C=O) groups is 1. The number of aromatic nitrogens is 2. The van der Waals surface area contributed by atoms with Gasteiger partial charge in [0.1, 0.15) is 0 Å². The lowest BCUT2D eigenvalue weighted by Gasteiger charge is -2.00. The third-order valence-electron chi connectivity index (χ3n) is 3.34. The number of benzene rings is 2. The van der Waals surface area contributed by atoms with E-state index in [4.69, 9.17) is 4.74 Å². The van der Waals surface area contributed by atoms with E-state index < -0.39 is 5.56 Å². The Labute approximate surface area is 126 Å². The van der Waals surface area contributed by atoms with Crippen molar-refractivity contribution in [2.75, 3.05) is 7.11 Å². The number of nitrogens with zero attached hydrogens (tertiary/aromatic N) is 1. The molecule has 1 N–H and O–H groups in total. The van der Waals surface area contributed by atoms with Crippen LogP contribution in [0.4, 0.5) is 0 Å². The van der Waals surface area contributed by atoms with E-state index in [1.165, 1.54) is 11.8 Å². The Morgan fingerprint density at radius 1 is 1.00 bits per heavy atom. The molecule has 2 aromatic carbocycles. The molecule has 0 saturated carbocycles. The predicted molar refractivity (Wildman–Crippen MR) is 82.8 cm³/mol. The van der Waals surface area contributed by atoms with Crippen molar-refractivity contribution >= 4 is 5.78 Å². The van der Waals surface area contributed by atoms with Crippen LogP contribution in [0.25, 0.3) is 5.69 Å². The molecule has 0 unspecified atom stereocenters. The van der Waals surface area contributed by atoms with Crippen molar-refractivity contribution in [3.8, 4) is 11.6 Å². The van der Waals surface area contributed by atoms with Crippen molar-refractivity contribution in [3.05, 3.63) is 82.1 Å². The molecule has 0 bridgehead atoms. The van der Waals surface area contributed by atoms with Crippen LogP contribution >= 0.6 is 0 Å². The van der Waals surface area contributed by atoms with Crippen LogP contribution in [0.2, 0.25) is 0 Å². The zero-order valence-corrected chi connectivity index (χ0v) is 11.9. The Kier molecular flexibility index (Phi) is 3.62. The lowest BCUT2D eigenvalue weighted by molar-refractivity contribution is 0.103. The Morgan fingerprint density at radius 2 is 1.59 bits per heavy atom. The molecule has 0 spiro atoms. The molecule has 0 aliphatic carbocycles. The molecule has 1 heterocycles. The van der Waals surface area contributed by atoms with E-state index in [1.54, 1.807) is 36.4 Å². The number of para-hydroxylation sites is 1. The summed E-state index contributed by atoms with van der Waals surface area (Å²) in [6.45, 7) is 0. The van der Waals surface area contributed by atoms with Gasteiger partial charge in [0.15, 0.2) is 5.56 Å². The van der Waals surface area contributed by atoms with Crippen LogP contribution in [0.15, 0.2) is 65.5 Å². The maximum absolute atomic E-state index is 12.6. The molecule has 0 aliphatic heterocycles. The fourth-order valence-corrected chi connectivity index (χ4v) is 2.26. The summed E-state index contributed by atoms with van der Waals surface area (Å²) in [5.74, 6) is -0.212. The Bertz CT molecular complexity index is 849. The highest BCUT2D eigenvalue weighted by Crippen LogP contribution is 2.17. The van der Waals surface area contributed by atoms with Crippen molar-refractivity contribution in [2.45, 2.75) is 0 Å². The minimum atomic E-state index is -0.433. The van der Waals surface area contributed by atoms with E-state index in [1.807, 2.05) is 24.3 Å². The van der Waals surface area contributed by atoms with Crippen molar-refractivity contribution in [1.82, 2.24) is 9.78 Å². The van der Waals surface area contributed by atoms with Gasteiger partial charge in [0, 0.05) is 5.56 Å². The van der Waals surface area contributed by atoms with E-state index in [0.717, 1.165) is 0 Å². The van der Waals surface area contributed by atoms with Gasteiger partial charge in [0.05, 0.1) is 12.8 Å². The number of ketones is 1. The van der Waals surface area contributed by atoms with Crippen molar-refractivity contribution < 1.29 is 9.53 Å². The van der Waals surface area contributed by atoms with Crippen LogP contribution in [-0.2, 0) is 0 Å². The SMILES string of the molecule is COc1[nH]n(-c2ccccc2)c(=O)c1C(=O)c1ccccc1. The Balaban J connectivity index is 2.15. The quantitative estimate of drug-likeness (QED) is 0.751. The number of hydrogen-bond donors (Lipinski definition) is 1. The number of aromatic amines is 1. The number of nitrogens with one attached hydrogen (secondary N) is 1. The predicted octanol–water partition coefficient (Wildman–Crippen LogP) is 2.41. The smallest absolute Gasteiger partial charge is 0.286 e. The molecule has 0 aliphatic rings. The molecule has 1 aromatic heterocycles. The van der Waals surface area contributed by atoms with Gasteiger partial charge in [-0.1, -0.05) is 48.5 Å². The summed E-state index contributed by atoms with van der Waals surface area (Å²) in [4.78, 5) is 25.2. The lowest BCUT2D eigenvalue weighted by Crippen LogP contribution is -2.20. The molecular formula is C17H14N2O3. The van der Waals surface area contributed by atoms with Crippen LogP contribution < -0.4 is 10.3 Å². The first-order valence-electron chi connectivity index (χ1n) is 6.76. The minimum Gasteiger partial charge on any atom is -0.481 e. The molecule has 22 heavy (non-hydrogen) atoms. The van der Waals surface area contributed by atoms with E-state index >= 15 is 0 Å². The van der Waals surface area contributed by atoms with Crippen molar-refractivity contribution in [2.24, 2.45) is 0 Å². The van der Waals surface area contributed by atoms with Gasteiger partial charge in [-0.2, -0.15) is 0 Å². The molecule has 0 saturated heterocycles. The third kappa shape index (κ3) is 2.33. The fraction of sp³-hybridized carbons (Fsp3) is 0.0588. The van der Waals surface area contributed by atoms with E-state index in [-0.39, 0.29) is 17.2 Å². The first-order chi connectivity index (χ1) is 10.7. The minimum absolute atomic E-state index is 0.00227. The molecular weight excluding hydrogens is 280 g/mol. The lowest BCUT2D eigenvalue weighted by atomic mass is 10.1. The van der Waals surface area contributed by atoms with E-state index in [0.29, 0.717) is 11.3 Å². The summed E-state index contributed by atoms with van der Waals surface area (Å²) in [7, 11) is 1.42. The third-order valence-corrected chi connectivity index (χ3v) is 3.34. The largest absolute Gasteiger partial charge is 0.481 e. The monoisotopic (exact) mass is 294 g/mol. The number of hydrogen-bond acceptors (Lipinski definition) is 3. The molecule has 3 rings (SSSR count). The maximum atomic E-state index is 12.6. The van der Waals surface area contributed by atoms with Crippen molar-refractivity contribution in [1.29, 1.82) is 0 Å². The normalized spacial score (nSPS) is 10.4. The fourth-order valence-electron chi connectivity index (χ4n) is 2.26. The number of rotatable bonds is 4. The summed E-state index contributed by atoms with van der Waals surface area (Å²) < 4.78 is 6.47. The first-order valence-corrected chi connectivity index (χ1v) is 6.76. The average molecular weight is 294 g/mol. The van der Waals surface area contributed by atoms with Crippen molar-refractivity contribution in [3.63, 3.8) is 0 Å². The van der Waals surface area contributed by atoms with Crippen LogP contribution in [0.1, 0.15) is 15.9 Å². The summed E-state index contributed by atoms with van der Waals surface area (Å²) in [6, 6.07) is 17.7. The summed E-state index contributed by atoms with van der Waals surface area (Å²) >= 11 is 0. The summed E-state index contributed by atoms with van der Waals surface area (Å²) in [6.07, 6.45) is 0. The average Bonchev–Trinajstić information content (AvgIpc) is 2.92. The van der Waals surface area contributed by atoms with Gasteiger partial charge in [-0.05, 0) is 12.1 Å². The summed E-state index contributed by atoms with van der Waals surface area (Å²) in [5, 5.41) is 2.83. The Morgan fingerprint density at radius 3 is 2.18 bits per heavy atom. The van der Waals surface area contributed by atoms with Gasteiger partial charge < -0.3 is 4.74 Å². The molecule has 5 heteroatoms. The molecule has 5 nitrogen and oxygen atoms in total. The number of H-pyrrole nitrogens is 1. The summed E-state index contributed by atoms with van der Waals surface area (Å²) in [5.41, 5.74) is 0.643. The standard InChI is InChI=1S/C17H14N2O3/c1-22-16-14(15(20)12-8-4-2-5-9-12)17(21)19(18-16)13-10-6-3-7-11-13/h2-11,18H,1H3. The second-order valence-corrected chi connectivity index (χ2v) is 4.69. The highest BCUT2D eigenvalue weighted by molar-refractivity contribution is 6.10. The highest BCUT2D eigenvalue weighted by Gasteiger charge is 2.23. The Hall–Kier alpha value is -3.08. The topological polar surface area (TPSA) is 64.1 Å². The first kappa shape index (κ1) is 13.9. The molecule has 0 atom stereocenters. The number of methoxy groups -OCH3 is 1. The van der Waals surface area contributed by atoms with Crippen LogP contribution in [0.3, 0.4) is 0 Å². The van der Waals surface area contributed by atoms with Crippen LogP contribution in [0.5, 0.6) is 5.88 Å². The number of carbonyl (C=O) groups excluding carboxylic acids is 1. The van der Waals surface area contributed by atoms with E-state index in [2.05, 4.69) is 5.10 Å². The second kappa shape index (κ2) is 5.73. The molecule has 0 amide bonds. The van der Waals surface area contributed by atoms with Gasteiger partial charge in [-0.15, -0.1) is 0 Å². The second-order valence-electron chi connectivity index (χ2n) is 4.69. The van der Waals surface area contributed by atoms with Crippen LogP contribution in [0, 0.1) is 0 Å². The molecule has 0 radical (unpaired) electrons. The highest BCUT2D eigenvalue weighted by atomic mass is 16.5. The molecule has 3 aromatic rings. The number of ether oxygens (including phenoxy) is 1. The zero-order chi connectivity index (χ0) is 15.5. The van der Waals surface area contributed by atoms with Gasteiger partial charge in [0.2, 0.25) is 11.7 Å². The van der Waals surface area contributed by atoms with Gasteiger partial charge in [-0.25, -0.2) is 4.68 Å². The van der Waals surface area contributed by atoms with Gasteiger partial charge >= 0.3 is 0 Å². The molecule has 0 fully saturated rings.